The third-order valence-electron chi connectivity index (χ3n) is 3.86. The summed E-state index contributed by atoms with van der Waals surface area (Å²) in [6.07, 6.45) is 0.177. The quantitative estimate of drug-likeness (QED) is 0.946. The van der Waals surface area contributed by atoms with Gasteiger partial charge < -0.3 is 14.8 Å². The number of anilines is 1. The number of hydrogen-bond donors (Lipinski definition) is 1. The summed E-state index contributed by atoms with van der Waals surface area (Å²) in [5.74, 6) is 0.278. The molecule has 0 spiro atoms. The van der Waals surface area contributed by atoms with Gasteiger partial charge in [0.15, 0.2) is 0 Å². The molecule has 1 aliphatic heterocycles. The lowest BCUT2D eigenvalue weighted by Crippen LogP contribution is -2.24. The summed E-state index contributed by atoms with van der Waals surface area (Å²) in [7, 11) is 3.09. The number of rotatable bonds is 3. The van der Waals surface area contributed by atoms with Crippen molar-refractivity contribution in [1.29, 1.82) is 0 Å². The van der Waals surface area contributed by atoms with E-state index in [1.54, 1.807) is 44.6 Å². The van der Waals surface area contributed by atoms with Crippen LogP contribution in [0.3, 0.4) is 0 Å². The van der Waals surface area contributed by atoms with E-state index >= 15 is 0 Å². The highest BCUT2D eigenvalue weighted by molar-refractivity contribution is 5.96. The molecular weight excluding hydrogens is 285 g/mol. The Labute approximate surface area is 127 Å². The fourth-order valence-electron chi connectivity index (χ4n) is 2.86. The van der Waals surface area contributed by atoms with Gasteiger partial charge in [0.1, 0.15) is 17.3 Å². The first-order chi connectivity index (χ1) is 10.6. The molecule has 1 N–H and O–H groups in total. The van der Waals surface area contributed by atoms with Gasteiger partial charge in [-0.3, -0.25) is 4.79 Å². The second-order valence-electron chi connectivity index (χ2n) is 5.12. The van der Waals surface area contributed by atoms with Gasteiger partial charge in [0.25, 0.3) is 0 Å². The Morgan fingerprint density at radius 1 is 1.18 bits per heavy atom. The molecule has 22 heavy (non-hydrogen) atoms. The normalized spacial score (nSPS) is 16.7. The smallest absolute Gasteiger partial charge is 0.225 e. The highest BCUT2D eigenvalue weighted by atomic mass is 19.1. The van der Waals surface area contributed by atoms with Gasteiger partial charge in [-0.05, 0) is 11.6 Å². The maximum atomic E-state index is 14.2. The number of fused-ring (bicyclic) bond motifs is 1. The van der Waals surface area contributed by atoms with Crippen LogP contribution in [0.1, 0.15) is 23.5 Å². The van der Waals surface area contributed by atoms with Crippen molar-refractivity contribution in [2.45, 2.75) is 12.3 Å². The lowest BCUT2D eigenvalue weighted by molar-refractivity contribution is -0.116. The van der Waals surface area contributed by atoms with Gasteiger partial charge in [0.05, 0.1) is 19.9 Å². The molecule has 0 unspecified atom stereocenters. The van der Waals surface area contributed by atoms with E-state index in [4.69, 9.17) is 9.47 Å². The number of halogens is 1. The molecule has 3 rings (SSSR count). The van der Waals surface area contributed by atoms with Crippen LogP contribution in [-0.2, 0) is 4.79 Å². The lowest BCUT2D eigenvalue weighted by Gasteiger charge is -2.28. The van der Waals surface area contributed by atoms with E-state index in [-0.39, 0.29) is 24.1 Å². The molecule has 0 fully saturated rings. The largest absolute Gasteiger partial charge is 0.497 e. The van der Waals surface area contributed by atoms with Gasteiger partial charge in [-0.15, -0.1) is 0 Å². The van der Waals surface area contributed by atoms with Crippen molar-refractivity contribution >= 4 is 11.6 Å². The average Bonchev–Trinajstić information content (AvgIpc) is 2.53. The van der Waals surface area contributed by atoms with E-state index in [0.29, 0.717) is 22.7 Å². The Balaban J connectivity index is 2.20. The number of carbonyl (C=O) groups is 1. The number of benzene rings is 2. The number of ether oxygens (including phenoxy) is 2. The molecule has 1 heterocycles. The molecule has 1 aliphatic rings. The first-order valence-corrected chi connectivity index (χ1v) is 6.94. The molecule has 2 aromatic carbocycles. The summed E-state index contributed by atoms with van der Waals surface area (Å²) < 4.78 is 24.8. The molecule has 5 heteroatoms. The number of carbonyl (C=O) groups excluding carboxylic acids is 1. The Morgan fingerprint density at radius 3 is 2.64 bits per heavy atom. The maximum Gasteiger partial charge on any atom is 0.225 e. The van der Waals surface area contributed by atoms with Crippen molar-refractivity contribution in [1.82, 2.24) is 0 Å². The summed E-state index contributed by atoms with van der Waals surface area (Å²) in [6.45, 7) is 0. The van der Waals surface area contributed by atoms with Crippen molar-refractivity contribution in [3.05, 3.63) is 53.3 Å². The molecule has 1 amide bonds. The van der Waals surface area contributed by atoms with E-state index < -0.39 is 0 Å². The van der Waals surface area contributed by atoms with Crippen LogP contribution >= 0.6 is 0 Å². The Kier molecular flexibility index (Phi) is 3.71. The highest BCUT2D eigenvalue weighted by Gasteiger charge is 2.31. The number of amides is 1. The fraction of sp³-hybridized carbons (Fsp3) is 0.235. The first-order valence-electron chi connectivity index (χ1n) is 6.94. The maximum absolute atomic E-state index is 14.2. The Morgan fingerprint density at radius 2 is 1.95 bits per heavy atom. The molecule has 2 aromatic rings. The van der Waals surface area contributed by atoms with E-state index in [0.717, 1.165) is 5.56 Å². The summed E-state index contributed by atoms with van der Waals surface area (Å²) in [6, 6.07) is 9.96. The van der Waals surface area contributed by atoms with Crippen molar-refractivity contribution in [3.8, 4) is 11.5 Å². The van der Waals surface area contributed by atoms with Crippen LogP contribution in [0, 0.1) is 5.82 Å². The SMILES string of the molecule is COc1cc2c(c(OC)c1)[C@@H](c1ccccc1F)CC(=O)N2. The molecular formula is C17H16FNO3. The summed E-state index contributed by atoms with van der Waals surface area (Å²) in [5, 5.41) is 2.81. The first kappa shape index (κ1) is 14.4. The Hall–Kier alpha value is -2.56. The van der Waals surface area contributed by atoms with Gasteiger partial charge >= 0.3 is 0 Å². The van der Waals surface area contributed by atoms with E-state index in [9.17, 15) is 9.18 Å². The topological polar surface area (TPSA) is 47.6 Å². The number of nitrogens with one attached hydrogen (secondary N) is 1. The third kappa shape index (κ3) is 2.39. The Bertz CT molecular complexity index is 730. The monoisotopic (exact) mass is 301 g/mol. The second-order valence-corrected chi connectivity index (χ2v) is 5.12. The van der Waals surface area contributed by atoms with Crippen LogP contribution in [-0.4, -0.2) is 20.1 Å². The molecule has 0 saturated heterocycles. The predicted octanol–water partition coefficient (Wildman–Crippen LogP) is 3.32. The molecule has 4 nitrogen and oxygen atoms in total. The van der Waals surface area contributed by atoms with Gasteiger partial charge in [-0.25, -0.2) is 4.39 Å². The number of hydrogen-bond acceptors (Lipinski definition) is 3. The minimum atomic E-state index is -0.384. The van der Waals surface area contributed by atoms with Crippen molar-refractivity contribution in [2.24, 2.45) is 0 Å². The van der Waals surface area contributed by atoms with Crippen LogP contribution in [0.15, 0.2) is 36.4 Å². The zero-order chi connectivity index (χ0) is 15.7. The minimum Gasteiger partial charge on any atom is -0.497 e. The predicted molar refractivity (Wildman–Crippen MR) is 81.0 cm³/mol. The standard InChI is InChI=1S/C17H16FNO3/c1-21-10-7-14-17(15(8-10)22-2)12(9-16(20)19-14)11-5-3-4-6-13(11)18/h3-8,12H,9H2,1-2H3,(H,19,20)/t12-/m1/s1. The highest BCUT2D eigenvalue weighted by Crippen LogP contribution is 2.45. The van der Waals surface area contributed by atoms with Crippen LogP contribution in [0.25, 0.3) is 0 Å². The molecule has 0 aliphatic carbocycles. The molecule has 0 bridgehead atoms. The summed E-state index contributed by atoms with van der Waals surface area (Å²) in [5.41, 5.74) is 1.86. The van der Waals surface area contributed by atoms with Gasteiger partial charge in [-0.2, -0.15) is 0 Å². The van der Waals surface area contributed by atoms with E-state index in [1.807, 2.05) is 0 Å². The summed E-state index contributed by atoms with van der Waals surface area (Å²) >= 11 is 0. The van der Waals surface area contributed by atoms with Crippen LogP contribution in [0.5, 0.6) is 11.5 Å². The molecule has 114 valence electrons. The zero-order valence-electron chi connectivity index (χ0n) is 12.4. The third-order valence-corrected chi connectivity index (χ3v) is 3.86. The van der Waals surface area contributed by atoms with Crippen LogP contribution in [0.2, 0.25) is 0 Å². The van der Waals surface area contributed by atoms with Crippen molar-refractivity contribution in [3.63, 3.8) is 0 Å². The van der Waals surface area contributed by atoms with Crippen molar-refractivity contribution < 1.29 is 18.7 Å². The average molecular weight is 301 g/mol. The molecule has 1 atom stereocenters. The van der Waals surface area contributed by atoms with E-state index in [2.05, 4.69) is 5.32 Å². The second kappa shape index (κ2) is 5.67. The molecule has 0 radical (unpaired) electrons. The summed E-state index contributed by atoms with van der Waals surface area (Å²) in [4.78, 5) is 12.0. The van der Waals surface area contributed by atoms with Gasteiger partial charge in [0.2, 0.25) is 5.91 Å². The van der Waals surface area contributed by atoms with Crippen molar-refractivity contribution in [2.75, 3.05) is 19.5 Å². The lowest BCUT2D eigenvalue weighted by atomic mass is 9.84. The minimum absolute atomic E-state index is 0.156. The van der Waals surface area contributed by atoms with Crippen LogP contribution in [0.4, 0.5) is 10.1 Å². The fourth-order valence-corrected chi connectivity index (χ4v) is 2.86. The number of methoxy groups -OCH3 is 2. The van der Waals surface area contributed by atoms with Gasteiger partial charge in [-0.1, -0.05) is 18.2 Å². The van der Waals surface area contributed by atoms with E-state index in [1.165, 1.54) is 6.07 Å². The van der Waals surface area contributed by atoms with Gasteiger partial charge in [0, 0.05) is 30.0 Å². The van der Waals surface area contributed by atoms with Crippen LogP contribution < -0.4 is 14.8 Å². The molecule has 0 saturated carbocycles. The zero-order valence-corrected chi connectivity index (χ0v) is 12.4. The molecule has 0 aromatic heterocycles.